The first-order chi connectivity index (χ1) is 10.1. The summed E-state index contributed by atoms with van der Waals surface area (Å²) < 4.78 is 0. The highest BCUT2D eigenvalue weighted by Crippen LogP contribution is 2.31. The summed E-state index contributed by atoms with van der Waals surface area (Å²) in [7, 11) is 0. The third-order valence-electron chi connectivity index (χ3n) is 3.92. The highest BCUT2D eigenvalue weighted by molar-refractivity contribution is 6.35. The van der Waals surface area contributed by atoms with Gasteiger partial charge in [0.05, 0.1) is 10.5 Å². The summed E-state index contributed by atoms with van der Waals surface area (Å²) in [6, 6.07) is 9.50. The molecular weight excluding hydrogens is 284 g/mol. The second-order valence-corrected chi connectivity index (χ2v) is 6.41. The van der Waals surface area contributed by atoms with Crippen LogP contribution in [0.15, 0.2) is 30.3 Å². The van der Waals surface area contributed by atoms with Crippen molar-refractivity contribution >= 4 is 28.4 Å². The van der Waals surface area contributed by atoms with Gasteiger partial charge in [-0.05, 0) is 44.7 Å². The maximum atomic E-state index is 12.8. The Balaban J connectivity index is 1.95. The van der Waals surface area contributed by atoms with Crippen LogP contribution in [-0.2, 0) is 0 Å². The summed E-state index contributed by atoms with van der Waals surface area (Å²) in [4.78, 5) is 19.1. The molecule has 1 aliphatic carbocycles. The molecule has 3 nitrogen and oxygen atoms in total. The molecule has 0 radical (unpaired) electrons. The second-order valence-electron chi connectivity index (χ2n) is 6.00. The van der Waals surface area contributed by atoms with Crippen molar-refractivity contribution in [3.05, 3.63) is 41.0 Å². The first-order valence-electron chi connectivity index (χ1n) is 7.42. The van der Waals surface area contributed by atoms with Crippen molar-refractivity contribution in [3.8, 4) is 0 Å². The number of hydrogen-bond acceptors (Lipinski definition) is 2. The number of halogens is 1. The number of carbonyl (C=O) groups is 1. The molecule has 1 heterocycles. The van der Waals surface area contributed by atoms with Gasteiger partial charge in [0.15, 0.2) is 0 Å². The fraction of sp³-hybridized carbons (Fsp3) is 0.412. The molecule has 0 bridgehead atoms. The molecule has 2 aromatic rings. The Morgan fingerprint density at radius 2 is 2.10 bits per heavy atom. The Hall–Kier alpha value is -1.61. The Morgan fingerprint density at radius 3 is 2.76 bits per heavy atom. The number of nitrogens with zero attached hydrogens (tertiary/aromatic N) is 2. The largest absolute Gasteiger partial charge is 0.335 e. The Bertz CT molecular complexity index is 680. The van der Waals surface area contributed by atoms with Gasteiger partial charge in [-0.3, -0.25) is 4.79 Å². The molecule has 0 atom stereocenters. The number of benzene rings is 1. The SMILES string of the molecule is CC(C)N(CC1CC1)C(=O)c1cc(Cl)c2ccccc2n1. The number of amides is 1. The van der Waals surface area contributed by atoms with Crippen LogP contribution in [-0.4, -0.2) is 28.4 Å². The number of rotatable bonds is 4. The smallest absolute Gasteiger partial charge is 0.272 e. The van der Waals surface area contributed by atoms with Gasteiger partial charge in [0.2, 0.25) is 0 Å². The number of hydrogen-bond donors (Lipinski definition) is 0. The van der Waals surface area contributed by atoms with E-state index >= 15 is 0 Å². The molecule has 1 amide bonds. The molecule has 1 aromatic heterocycles. The zero-order valence-electron chi connectivity index (χ0n) is 12.3. The molecule has 1 saturated carbocycles. The molecule has 1 aliphatic rings. The maximum Gasteiger partial charge on any atom is 0.272 e. The molecule has 0 N–H and O–H groups in total. The van der Waals surface area contributed by atoms with E-state index in [-0.39, 0.29) is 11.9 Å². The Labute approximate surface area is 129 Å². The fourth-order valence-corrected chi connectivity index (χ4v) is 2.76. The van der Waals surface area contributed by atoms with Crippen molar-refractivity contribution in [2.75, 3.05) is 6.54 Å². The predicted octanol–water partition coefficient (Wildman–Crippen LogP) is 4.15. The zero-order chi connectivity index (χ0) is 15.0. The zero-order valence-corrected chi connectivity index (χ0v) is 13.1. The van der Waals surface area contributed by atoms with Gasteiger partial charge >= 0.3 is 0 Å². The van der Waals surface area contributed by atoms with Crippen LogP contribution in [0.1, 0.15) is 37.2 Å². The van der Waals surface area contributed by atoms with Crippen LogP contribution in [0.2, 0.25) is 5.02 Å². The highest BCUT2D eigenvalue weighted by atomic mass is 35.5. The maximum absolute atomic E-state index is 12.8. The monoisotopic (exact) mass is 302 g/mol. The van der Waals surface area contributed by atoms with E-state index in [2.05, 4.69) is 4.98 Å². The van der Waals surface area contributed by atoms with E-state index in [1.807, 2.05) is 43.0 Å². The van der Waals surface area contributed by atoms with Gasteiger partial charge in [0.1, 0.15) is 5.69 Å². The predicted molar refractivity (Wildman–Crippen MR) is 85.6 cm³/mol. The third kappa shape index (κ3) is 3.03. The molecule has 21 heavy (non-hydrogen) atoms. The number of fused-ring (bicyclic) bond motifs is 1. The van der Waals surface area contributed by atoms with Gasteiger partial charge in [0.25, 0.3) is 5.91 Å². The van der Waals surface area contributed by atoms with E-state index in [4.69, 9.17) is 11.6 Å². The van der Waals surface area contributed by atoms with Crippen molar-refractivity contribution in [1.29, 1.82) is 0 Å². The lowest BCUT2D eigenvalue weighted by molar-refractivity contribution is 0.0690. The van der Waals surface area contributed by atoms with Crippen LogP contribution >= 0.6 is 11.6 Å². The van der Waals surface area contributed by atoms with Gasteiger partial charge in [-0.15, -0.1) is 0 Å². The molecule has 0 saturated heterocycles. The van der Waals surface area contributed by atoms with E-state index in [0.717, 1.165) is 17.4 Å². The van der Waals surface area contributed by atoms with Crippen molar-refractivity contribution in [2.45, 2.75) is 32.7 Å². The van der Waals surface area contributed by atoms with Gasteiger partial charge in [-0.25, -0.2) is 4.98 Å². The average molecular weight is 303 g/mol. The van der Waals surface area contributed by atoms with Crippen LogP contribution in [0, 0.1) is 5.92 Å². The molecule has 1 aromatic carbocycles. The highest BCUT2D eigenvalue weighted by Gasteiger charge is 2.29. The lowest BCUT2D eigenvalue weighted by atomic mass is 10.1. The molecule has 0 unspecified atom stereocenters. The summed E-state index contributed by atoms with van der Waals surface area (Å²) in [6.07, 6.45) is 2.45. The topological polar surface area (TPSA) is 33.2 Å². The second kappa shape index (κ2) is 5.64. The number of para-hydroxylation sites is 1. The van der Waals surface area contributed by atoms with E-state index in [1.54, 1.807) is 6.07 Å². The lowest BCUT2D eigenvalue weighted by Crippen LogP contribution is -2.38. The van der Waals surface area contributed by atoms with Gasteiger partial charge in [-0.1, -0.05) is 29.8 Å². The molecule has 1 fully saturated rings. The minimum absolute atomic E-state index is 0.0236. The van der Waals surface area contributed by atoms with E-state index in [0.29, 0.717) is 16.6 Å². The average Bonchev–Trinajstić information content (AvgIpc) is 3.28. The quantitative estimate of drug-likeness (QED) is 0.850. The molecule has 110 valence electrons. The summed E-state index contributed by atoms with van der Waals surface area (Å²) in [6.45, 7) is 4.91. The lowest BCUT2D eigenvalue weighted by Gasteiger charge is -2.26. The number of carbonyl (C=O) groups excluding carboxylic acids is 1. The van der Waals surface area contributed by atoms with Crippen LogP contribution < -0.4 is 0 Å². The summed E-state index contributed by atoms with van der Waals surface area (Å²) in [5.74, 6) is 0.636. The van der Waals surface area contributed by atoms with Crippen molar-refractivity contribution in [2.24, 2.45) is 5.92 Å². The minimum Gasteiger partial charge on any atom is -0.335 e. The first-order valence-corrected chi connectivity index (χ1v) is 7.80. The number of pyridine rings is 1. The normalized spacial score (nSPS) is 14.7. The van der Waals surface area contributed by atoms with Crippen LogP contribution in [0.4, 0.5) is 0 Å². The van der Waals surface area contributed by atoms with Crippen molar-refractivity contribution in [3.63, 3.8) is 0 Å². The molecule has 0 aliphatic heterocycles. The van der Waals surface area contributed by atoms with E-state index < -0.39 is 0 Å². The summed E-state index contributed by atoms with van der Waals surface area (Å²) >= 11 is 6.30. The van der Waals surface area contributed by atoms with E-state index in [1.165, 1.54) is 12.8 Å². The minimum atomic E-state index is -0.0236. The summed E-state index contributed by atoms with van der Waals surface area (Å²) in [5.41, 5.74) is 1.21. The summed E-state index contributed by atoms with van der Waals surface area (Å²) in [5, 5.41) is 1.47. The molecule has 3 rings (SSSR count). The van der Waals surface area contributed by atoms with Crippen molar-refractivity contribution < 1.29 is 4.79 Å². The van der Waals surface area contributed by atoms with Crippen LogP contribution in [0.5, 0.6) is 0 Å². The first kappa shape index (κ1) is 14.3. The van der Waals surface area contributed by atoms with Crippen LogP contribution in [0.25, 0.3) is 10.9 Å². The van der Waals surface area contributed by atoms with Crippen LogP contribution in [0.3, 0.4) is 0 Å². The fourth-order valence-electron chi connectivity index (χ4n) is 2.50. The Kier molecular flexibility index (Phi) is 3.85. The van der Waals surface area contributed by atoms with Gasteiger partial charge < -0.3 is 4.90 Å². The number of aromatic nitrogens is 1. The molecular formula is C17H19ClN2O. The molecule has 0 spiro atoms. The molecule has 4 heteroatoms. The standard InChI is InChI=1S/C17H19ClN2O/c1-11(2)20(10-12-7-8-12)17(21)16-9-14(18)13-5-3-4-6-15(13)19-16/h3-6,9,11-12H,7-8,10H2,1-2H3. The van der Waals surface area contributed by atoms with Gasteiger partial charge in [0, 0.05) is 18.0 Å². The van der Waals surface area contributed by atoms with E-state index in [9.17, 15) is 4.79 Å². The van der Waals surface area contributed by atoms with Gasteiger partial charge in [-0.2, -0.15) is 0 Å². The van der Waals surface area contributed by atoms with Crippen molar-refractivity contribution in [1.82, 2.24) is 9.88 Å². The third-order valence-corrected chi connectivity index (χ3v) is 4.23. The Morgan fingerprint density at radius 1 is 1.38 bits per heavy atom.